The molecule has 0 atom stereocenters. The van der Waals surface area contributed by atoms with E-state index in [1.165, 1.54) is 20.8 Å². The van der Waals surface area contributed by atoms with Gasteiger partial charge in [-0.2, -0.15) is 22.0 Å². The zero-order valence-corrected chi connectivity index (χ0v) is 9.30. The summed E-state index contributed by atoms with van der Waals surface area (Å²) in [5, 5.41) is 0. The SMILES string of the molecule is Cc1[nH]c(C(=O)C(F)(F)C(F)(F)F)c(C)c1C. The molecular formula is C10H10F5NO. The van der Waals surface area contributed by atoms with E-state index >= 15 is 0 Å². The summed E-state index contributed by atoms with van der Waals surface area (Å²) in [6.45, 7) is 4.34. The quantitative estimate of drug-likeness (QED) is 0.638. The van der Waals surface area contributed by atoms with Crippen molar-refractivity contribution < 1.29 is 26.7 Å². The number of nitrogens with one attached hydrogen (secondary N) is 1. The van der Waals surface area contributed by atoms with E-state index in [-0.39, 0.29) is 5.56 Å². The fourth-order valence-corrected chi connectivity index (χ4v) is 1.36. The summed E-state index contributed by atoms with van der Waals surface area (Å²) in [6, 6.07) is 0. The Kier molecular flexibility index (Phi) is 3.07. The molecule has 0 unspecified atom stereocenters. The van der Waals surface area contributed by atoms with Crippen LogP contribution in [-0.2, 0) is 0 Å². The first-order chi connectivity index (χ1) is 7.50. The molecule has 2 nitrogen and oxygen atoms in total. The minimum atomic E-state index is -5.89. The van der Waals surface area contributed by atoms with Crippen molar-refractivity contribution in [3.63, 3.8) is 0 Å². The van der Waals surface area contributed by atoms with Crippen LogP contribution < -0.4 is 0 Å². The Balaban J connectivity index is 3.27. The first kappa shape index (κ1) is 13.7. The molecule has 0 saturated carbocycles. The van der Waals surface area contributed by atoms with Crippen LogP contribution in [-0.4, -0.2) is 22.9 Å². The highest BCUT2D eigenvalue weighted by Crippen LogP contribution is 2.38. The van der Waals surface area contributed by atoms with Crippen molar-refractivity contribution >= 4 is 5.78 Å². The van der Waals surface area contributed by atoms with Gasteiger partial charge in [0, 0.05) is 5.69 Å². The predicted molar refractivity (Wildman–Crippen MR) is 50.3 cm³/mol. The summed E-state index contributed by atoms with van der Waals surface area (Å²) in [4.78, 5) is 13.5. The van der Waals surface area contributed by atoms with Crippen LogP contribution in [0.5, 0.6) is 0 Å². The van der Waals surface area contributed by atoms with Gasteiger partial charge in [-0.25, -0.2) is 0 Å². The molecule has 0 amide bonds. The molecule has 1 aromatic rings. The summed E-state index contributed by atoms with van der Waals surface area (Å²) in [5.41, 5.74) is 0.300. The van der Waals surface area contributed by atoms with Gasteiger partial charge in [-0.05, 0) is 31.9 Å². The molecule has 96 valence electrons. The molecule has 0 radical (unpaired) electrons. The maximum absolute atomic E-state index is 12.8. The zero-order chi connectivity index (χ0) is 13.6. The molecule has 0 aliphatic heterocycles. The number of carbonyl (C=O) groups is 1. The zero-order valence-electron chi connectivity index (χ0n) is 9.30. The van der Waals surface area contributed by atoms with Gasteiger partial charge in [0.05, 0.1) is 5.69 Å². The summed E-state index contributed by atoms with van der Waals surface area (Å²) in [7, 11) is 0. The molecule has 1 rings (SSSR count). The Morgan fingerprint density at radius 3 is 1.76 bits per heavy atom. The van der Waals surface area contributed by atoms with E-state index in [2.05, 4.69) is 4.98 Å². The fourth-order valence-electron chi connectivity index (χ4n) is 1.36. The summed E-state index contributed by atoms with van der Waals surface area (Å²) >= 11 is 0. The normalized spacial score (nSPS) is 12.9. The van der Waals surface area contributed by atoms with E-state index in [1.807, 2.05) is 0 Å². The molecule has 0 spiro atoms. The van der Waals surface area contributed by atoms with Gasteiger partial charge < -0.3 is 4.98 Å². The van der Waals surface area contributed by atoms with E-state index in [0.717, 1.165) is 0 Å². The van der Waals surface area contributed by atoms with Gasteiger partial charge in [0.15, 0.2) is 0 Å². The van der Waals surface area contributed by atoms with E-state index in [9.17, 15) is 26.7 Å². The lowest BCUT2D eigenvalue weighted by Crippen LogP contribution is -2.44. The van der Waals surface area contributed by atoms with E-state index in [4.69, 9.17) is 0 Å². The average Bonchev–Trinajstić information content (AvgIpc) is 2.43. The molecule has 17 heavy (non-hydrogen) atoms. The standard InChI is InChI=1S/C10H10F5NO/c1-4-5(2)7(16-6(4)3)8(17)9(11,12)10(13,14)15/h16H,1-3H3. The minimum absolute atomic E-state index is 0.108. The Morgan fingerprint density at radius 2 is 1.47 bits per heavy atom. The highest BCUT2D eigenvalue weighted by molar-refractivity contribution is 6.02. The van der Waals surface area contributed by atoms with Crippen molar-refractivity contribution in [3.05, 3.63) is 22.5 Å². The largest absolute Gasteiger partial charge is 0.461 e. The Bertz CT molecular complexity index is 458. The van der Waals surface area contributed by atoms with Crippen molar-refractivity contribution in [1.82, 2.24) is 4.98 Å². The summed E-state index contributed by atoms with van der Waals surface area (Å²) < 4.78 is 61.7. The summed E-state index contributed by atoms with van der Waals surface area (Å²) in [6.07, 6.45) is -5.89. The second kappa shape index (κ2) is 3.82. The van der Waals surface area contributed by atoms with Crippen LogP contribution in [0.25, 0.3) is 0 Å². The topological polar surface area (TPSA) is 32.9 Å². The minimum Gasteiger partial charge on any atom is -0.356 e. The average molecular weight is 255 g/mol. The van der Waals surface area contributed by atoms with Crippen molar-refractivity contribution in [1.29, 1.82) is 0 Å². The number of hydrogen-bond donors (Lipinski definition) is 1. The molecule has 0 fully saturated rings. The first-order valence-electron chi connectivity index (χ1n) is 4.65. The second-order valence-corrected chi connectivity index (χ2v) is 3.78. The van der Waals surface area contributed by atoms with Gasteiger partial charge >= 0.3 is 12.1 Å². The van der Waals surface area contributed by atoms with Crippen molar-refractivity contribution in [3.8, 4) is 0 Å². The number of Topliss-reactive ketones (excluding diaryl/α,β-unsaturated/α-hetero) is 1. The third-order valence-electron chi connectivity index (χ3n) is 2.68. The number of aryl methyl sites for hydroxylation is 1. The number of aromatic amines is 1. The van der Waals surface area contributed by atoms with Crippen molar-refractivity contribution in [2.24, 2.45) is 0 Å². The number of H-pyrrole nitrogens is 1. The molecule has 1 aromatic heterocycles. The molecule has 0 saturated heterocycles. The molecule has 7 heteroatoms. The van der Waals surface area contributed by atoms with Crippen LogP contribution in [0.15, 0.2) is 0 Å². The van der Waals surface area contributed by atoms with Gasteiger partial charge in [-0.3, -0.25) is 4.79 Å². The third kappa shape index (κ3) is 2.05. The van der Waals surface area contributed by atoms with Gasteiger partial charge in [0.25, 0.3) is 5.78 Å². The monoisotopic (exact) mass is 255 g/mol. The molecule has 0 aliphatic carbocycles. The van der Waals surface area contributed by atoms with Crippen LogP contribution in [0.3, 0.4) is 0 Å². The van der Waals surface area contributed by atoms with Crippen LogP contribution in [0, 0.1) is 20.8 Å². The van der Waals surface area contributed by atoms with Crippen LogP contribution in [0.1, 0.15) is 27.3 Å². The van der Waals surface area contributed by atoms with Gasteiger partial charge in [-0.15, -0.1) is 0 Å². The lowest BCUT2D eigenvalue weighted by atomic mass is 10.1. The maximum Gasteiger partial charge on any atom is 0.461 e. The number of carbonyl (C=O) groups excluding carboxylic acids is 1. The Morgan fingerprint density at radius 1 is 1.00 bits per heavy atom. The Hall–Kier alpha value is -1.40. The van der Waals surface area contributed by atoms with Crippen molar-refractivity contribution in [2.45, 2.75) is 32.9 Å². The molecule has 0 aromatic carbocycles. The first-order valence-corrected chi connectivity index (χ1v) is 4.65. The van der Waals surface area contributed by atoms with Gasteiger partial charge in [-0.1, -0.05) is 0 Å². The number of halogens is 5. The van der Waals surface area contributed by atoms with Crippen LogP contribution in [0.2, 0.25) is 0 Å². The number of aromatic nitrogens is 1. The number of alkyl halides is 5. The number of hydrogen-bond acceptors (Lipinski definition) is 1. The highest BCUT2D eigenvalue weighted by Gasteiger charge is 2.63. The molecule has 1 N–H and O–H groups in total. The van der Waals surface area contributed by atoms with Gasteiger partial charge in [0.1, 0.15) is 0 Å². The molecule has 0 aliphatic rings. The maximum atomic E-state index is 12.8. The van der Waals surface area contributed by atoms with Gasteiger partial charge in [0.2, 0.25) is 0 Å². The lowest BCUT2D eigenvalue weighted by Gasteiger charge is -2.17. The predicted octanol–water partition coefficient (Wildman–Crippen LogP) is 3.32. The van der Waals surface area contributed by atoms with E-state index < -0.39 is 23.6 Å². The lowest BCUT2D eigenvalue weighted by molar-refractivity contribution is -0.255. The smallest absolute Gasteiger partial charge is 0.356 e. The highest BCUT2D eigenvalue weighted by atomic mass is 19.4. The van der Waals surface area contributed by atoms with Crippen LogP contribution >= 0.6 is 0 Å². The molecule has 0 bridgehead atoms. The number of rotatable bonds is 2. The fraction of sp³-hybridized carbons (Fsp3) is 0.500. The van der Waals surface area contributed by atoms with E-state index in [0.29, 0.717) is 11.3 Å². The second-order valence-electron chi connectivity index (χ2n) is 3.78. The molecule has 1 heterocycles. The molecular weight excluding hydrogens is 245 g/mol. The summed E-state index contributed by atoms with van der Waals surface area (Å²) in [5.74, 6) is -7.62. The Labute approximate surface area is 93.8 Å². The van der Waals surface area contributed by atoms with Crippen molar-refractivity contribution in [2.75, 3.05) is 0 Å². The third-order valence-corrected chi connectivity index (χ3v) is 2.68. The van der Waals surface area contributed by atoms with Crippen LogP contribution in [0.4, 0.5) is 22.0 Å². The number of ketones is 1. The van der Waals surface area contributed by atoms with E-state index in [1.54, 1.807) is 0 Å².